The van der Waals surface area contributed by atoms with Gasteiger partial charge >= 0.3 is 0 Å². The summed E-state index contributed by atoms with van der Waals surface area (Å²) < 4.78 is 1.78. The molecular weight excluding hydrogens is 250 g/mol. The number of halogens is 1. The molecule has 0 aliphatic heterocycles. The summed E-state index contributed by atoms with van der Waals surface area (Å²) in [6.45, 7) is 5.46. The molecule has 18 heavy (non-hydrogen) atoms. The van der Waals surface area contributed by atoms with Gasteiger partial charge in [-0.1, -0.05) is 25.4 Å². The molecule has 0 atom stereocenters. The minimum atomic E-state index is 0.423. The number of hydrogen-bond acceptors (Lipinski definition) is 4. The van der Waals surface area contributed by atoms with Crippen molar-refractivity contribution in [2.45, 2.75) is 33.0 Å². The van der Waals surface area contributed by atoms with E-state index < -0.39 is 0 Å². The molecule has 0 fully saturated rings. The minimum Gasteiger partial charge on any atom is -0.308 e. The fourth-order valence-corrected chi connectivity index (χ4v) is 1.67. The highest BCUT2D eigenvalue weighted by atomic mass is 35.5. The molecule has 2 aromatic heterocycles. The van der Waals surface area contributed by atoms with Crippen LogP contribution in [-0.4, -0.2) is 25.8 Å². The van der Waals surface area contributed by atoms with Crippen LogP contribution >= 0.6 is 11.6 Å². The second kappa shape index (κ2) is 5.93. The first-order chi connectivity index (χ1) is 8.65. The van der Waals surface area contributed by atoms with Crippen LogP contribution in [0.15, 0.2) is 24.8 Å². The average molecular weight is 266 g/mol. The quantitative estimate of drug-likeness (QED) is 0.897. The van der Waals surface area contributed by atoms with E-state index in [0.717, 1.165) is 11.4 Å². The predicted octanol–water partition coefficient (Wildman–Crippen LogP) is 1.87. The summed E-state index contributed by atoms with van der Waals surface area (Å²) in [4.78, 5) is 8.20. The molecule has 2 aromatic rings. The lowest BCUT2D eigenvalue weighted by atomic mass is 10.3. The van der Waals surface area contributed by atoms with Gasteiger partial charge in [0.15, 0.2) is 5.82 Å². The molecule has 0 saturated carbocycles. The van der Waals surface area contributed by atoms with Gasteiger partial charge in [0, 0.05) is 18.4 Å². The molecule has 6 heteroatoms. The zero-order valence-electron chi connectivity index (χ0n) is 10.5. The van der Waals surface area contributed by atoms with Crippen molar-refractivity contribution in [3.05, 3.63) is 41.2 Å². The van der Waals surface area contributed by atoms with E-state index in [4.69, 9.17) is 11.6 Å². The fourth-order valence-electron chi connectivity index (χ4n) is 1.49. The van der Waals surface area contributed by atoms with Gasteiger partial charge < -0.3 is 5.32 Å². The average Bonchev–Trinajstić information content (AvgIpc) is 2.77. The topological polar surface area (TPSA) is 55.6 Å². The van der Waals surface area contributed by atoms with Crippen LogP contribution in [0.4, 0.5) is 0 Å². The van der Waals surface area contributed by atoms with Gasteiger partial charge in [0.25, 0.3) is 0 Å². The number of aromatic nitrogens is 4. The maximum Gasteiger partial charge on any atom is 0.164 e. The largest absolute Gasteiger partial charge is 0.308 e. The van der Waals surface area contributed by atoms with Crippen molar-refractivity contribution in [2.24, 2.45) is 0 Å². The SMILES string of the molecule is CC(C)NCc1ncn(Cc2ccncc2Cl)n1. The molecule has 0 spiro atoms. The van der Waals surface area contributed by atoms with Crippen LogP contribution in [0.2, 0.25) is 5.02 Å². The van der Waals surface area contributed by atoms with Gasteiger partial charge in [0.1, 0.15) is 6.33 Å². The number of rotatable bonds is 5. The molecule has 0 aliphatic carbocycles. The van der Waals surface area contributed by atoms with E-state index in [1.165, 1.54) is 0 Å². The van der Waals surface area contributed by atoms with Crippen LogP contribution in [0.3, 0.4) is 0 Å². The minimum absolute atomic E-state index is 0.423. The van der Waals surface area contributed by atoms with E-state index >= 15 is 0 Å². The summed E-state index contributed by atoms with van der Waals surface area (Å²) in [5.41, 5.74) is 0.986. The fraction of sp³-hybridized carbons (Fsp3) is 0.417. The van der Waals surface area contributed by atoms with Crippen molar-refractivity contribution in [1.82, 2.24) is 25.1 Å². The monoisotopic (exact) mass is 265 g/mol. The first-order valence-electron chi connectivity index (χ1n) is 5.85. The van der Waals surface area contributed by atoms with Crippen molar-refractivity contribution >= 4 is 11.6 Å². The maximum atomic E-state index is 6.05. The molecule has 0 saturated heterocycles. The lowest BCUT2D eigenvalue weighted by molar-refractivity contribution is 0.565. The molecule has 0 aromatic carbocycles. The molecule has 0 amide bonds. The summed E-state index contributed by atoms with van der Waals surface area (Å²) in [7, 11) is 0. The Morgan fingerprint density at radius 2 is 2.28 bits per heavy atom. The van der Waals surface area contributed by atoms with Gasteiger partial charge in [-0.25, -0.2) is 9.67 Å². The van der Waals surface area contributed by atoms with E-state index in [1.807, 2.05) is 6.07 Å². The summed E-state index contributed by atoms with van der Waals surface area (Å²) >= 11 is 6.05. The Bertz CT molecular complexity index is 509. The van der Waals surface area contributed by atoms with Crippen molar-refractivity contribution in [2.75, 3.05) is 0 Å². The Labute approximate surface area is 111 Å². The van der Waals surface area contributed by atoms with Gasteiger partial charge in [-0.3, -0.25) is 4.98 Å². The Balaban J connectivity index is 2.00. The summed E-state index contributed by atoms with van der Waals surface area (Å²) in [5.74, 6) is 0.786. The van der Waals surface area contributed by atoms with Gasteiger partial charge in [0.05, 0.1) is 18.1 Å². The first-order valence-corrected chi connectivity index (χ1v) is 6.23. The summed E-state index contributed by atoms with van der Waals surface area (Å²) in [6, 6.07) is 2.31. The zero-order valence-corrected chi connectivity index (χ0v) is 11.2. The predicted molar refractivity (Wildman–Crippen MR) is 70.3 cm³/mol. The Kier molecular flexibility index (Phi) is 4.28. The number of nitrogens with one attached hydrogen (secondary N) is 1. The van der Waals surface area contributed by atoms with Crippen LogP contribution in [-0.2, 0) is 13.1 Å². The van der Waals surface area contributed by atoms with Crippen LogP contribution in [0.25, 0.3) is 0 Å². The number of nitrogens with zero attached hydrogens (tertiary/aromatic N) is 4. The van der Waals surface area contributed by atoms with E-state index in [2.05, 4.69) is 34.2 Å². The second-order valence-electron chi connectivity index (χ2n) is 4.36. The molecule has 0 aliphatic rings. The first kappa shape index (κ1) is 13.0. The molecule has 5 nitrogen and oxygen atoms in total. The van der Waals surface area contributed by atoms with E-state index in [9.17, 15) is 0 Å². The molecule has 96 valence electrons. The van der Waals surface area contributed by atoms with Crippen LogP contribution in [0.1, 0.15) is 25.2 Å². The van der Waals surface area contributed by atoms with Gasteiger partial charge in [0.2, 0.25) is 0 Å². The second-order valence-corrected chi connectivity index (χ2v) is 4.77. The Morgan fingerprint density at radius 1 is 1.44 bits per heavy atom. The molecule has 2 heterocycles. The van der Waals surface area contributed by atoms with Crippen molar-refractivity contribution in [3.8, 4) is 0 Å². The van der Waals surface area contributed by atoms with Crippen molar-refractivity contribution < 1.29 is 0 Å². The van der Waals surface area contributed by atoms with Gasteiger partial charge in [-0.2, -0.15) is 5.10 Å². The summed E-state index contributed by atoms with van der Waals surface area (Å²) in [6.07, 6.45) is 5.07. The van der Waals surface area contributed by atoms with Gasteiger partial charge in [-0.05, 0) is 11.6 Å². The van der Waals surface area contributed by atoms with Crippen LogP contribution in [0, 0.1) is 0 Å². The standard InChI is InChI=1S/C12H16ClN5/c1-9(2)15-6-12-16-8-18(17-12)7-10-3-4-14-5-11(10)13/h3-5,8-9,15H,6-7H2,1-2H3. The highest BCUT2D eigenvalue weighted by Crippen LogP contribution is 2.14. The lowest BCUT2D eigenvalue weighted by Crippen LogP contribution is -2.22. The highest BCUT2D eigenvalue weighted by molar-refractivity contribution is 6.31. The summed E-state index contributed by atoms with van der Waals surface area (Å²) in [5, 5.41) is 8.31. The normalized spacial score (nSPS) is 11.1. The van der Waals surface area contributed by atoms with Crippen molar-refractivity contribution in [1.29, 1.82) is 0 Å². The molecule has 1 N–H and O–H groups in total. The van der Waals surface area contributed by atoms with Crippen LogP contribution in [0.5, 0.6) is 0 Å². The molecular formula is C12H16ClN5. The smallest absolute Gasteiger partial charge is 0.164 e. The third kappa shape index (κ3) is 3.51. The third-order valence-electron chi connectivity index (χ3n) is 2.44. The van der Waals surface area contributed by atoms with E-state index in [1.54, 1.807) is 23.4 Å². The molecule has 2 rings (SSSR count). The Hall–Kier alpha value is -1.46. The number of pyridine rings is 1. The molecule has 0 bridgehead atoms. The number of hydrogen-bond donors (Lipinski definition) is 1. The Morgan fingerprint density at radius 3 is 3.00 bits per heavy atom. The highest BCUT2D eigenvalue weighted by Gasteiger charge is 2.04. The zero-order chi connectivity index (χ0) is 13.0. The molecule has 0 radical (unpaired) electrons. The van der Waals surface area contributed by atoms with E-state index in [-0.39, 0.29) is 0 Å². The van der Waals surface area contributed by atoms with Crippen LogP contribution < -0.4 is 5.32 Å². The van der Waals surface area contributed by atoms with Crippen molar-refractivity contribution in [3.63, 3.8) is 0 Å². The van der Waals surface area contributed by atoms with Gasteiger partial charge in [-0.15, -0.1) is 0 Å². The lowest BCUT2D eigenvalue weighted by Gasteiger charge is -2.04. The molecule has 0 unspecified atom stereocenters. The maximum absolute atomic E-state index is 6.05. The van der Waals surface area contributed by atoms with E-state index in [0.29, 0.717) is 24.2 Å². The third-order valence-corrected chi connectivity index (χ3v) is 2.78.